The molecule has 0 aliphatic carbocycles. The van der Waals surface area contributed by atoms with Gasteiger partial charge in [0.15, 0.2) is 5.13 Å². The fourth-order valence-electron chi connectivity index (χ4n) is 2.86. The van der Waals surface area contributed by atoms with E-state index in [-0.39, 0.29) is 5.91 Å². The van der Waals surface area contributed by atoms with Gasteiger partial charge in [-0.1, -0.05) is 17.4 Å². The maximum atomic E-state index is 12.7. The standard InChI is InChI=1S/C18H19N7OS2/c1-4-24(5-2)18-21-17-15(28-18)9-14(27-17)16(26)20-12-7-6-11(3)13(8-12)25-10-19-22-23-25/h6-10H,4-5H2,1-3H3,(H,20,26). The molecule has 0 saturated heterocycles. The number of nitrogens with one attached hydrogen (secondary N) is 1. The summed E-state index contributed by atoms with van der Waals surface area (Å²) in [6.07, 6.45) is 1.53. The van der Waals surface area contributed by atoms with Crippen LogP contribution < -0.4 is 10.2 Å². The van der Waals surface area contributed by atoms with Crippen molar-refractivity contribution in [2.24, 2.45) is 0 Å². The van der Waals surface area contributed by atoms with Crippen LogP contribution in [0.4, 0.5) is 10.8 Å². The Morgan fingerprint density at radius 3 is 2.71 bits per heavy atom. The van der Waals surface area contributed by atoms with Gasteiger partial charge in [-0.25, -0.2) is 9.67 Å². The molecule has 144 valence electrons. The van der Waals surface area contributed by atoms with Crippen LogP contribution in [0, 0.1) is 6.92 Å². The quantitative estimate of drug-likeness (QED) is 0.518. The first-order chi connectivity index (χ1) is 13.6. The number of amides is 1. The van der Waals surface area contributed by atoms with E-state index >= 15 is 0 Å². The number of carbonyl (C=O) groups is 1. The molecule has 1 aromatic carbocycles. The summed E-state index contributed by atoms with van der Waals surface area (Å²) in [5, 5.41) is 15.2. The number of nitrogens with zero attached hydrogens (tertiary/aromatic N) is 6. The largest absolute Gasteiger partial charge is 0.349 e. The topological polar surface area (TPSA) is 88.8 Å². The van der Waals surface area contributed by atoms with Gasteiger partial charge in [-0.15, -0.1) is 16.4 Å². The summed E-state index contributed by atoms with van der Waals surface area (Å²) >= 11 is 3.03. The Kier molecular flexibility index (Phi) is 5.05. The summed E-state index contributed by atoms with van der Waals surface area (Å²) in [7, 11) is 0. The zero-order chi connectivity index (χ0) is 19.7. The lowest BCUT2D eigenvalue weighted by atomic mass is 10.2. The Morgan fingerprint density at radius 1 is 1.21 bits per heavy atom. The number of benzene rings is 1. The number of rotatable bonds is 6. The lowest BCUT2D eigenvalue weighted by Crippen LogP contribution is -2.21. The number of thiazole rings is 1. The van der Waals surface area contributed by atoms with Gasteiger partial charge >= 0.3 is 0 Å². The van der Waals surface area contributed by atoms with E-state index in [9.17, 15) is 4.79 Å². The minimum Gasteiger partial charge on any atom is -0.349 e. The van der Waals surface area contributed by atoms with E-state index in [4.69, 9.17) is 0 Å². The maximum Gasteiger partial charge on any atom is 0.265 e. The van der Waals surface area contributed by atoms with E-state index in [1.807, 2.05) is 31.2 Å². The van der Waals surface area contributed by atoms with E-state index in [1.54, 1.807) is 16.0 Å². The molecule has 0 bridgehead atoms. The second kappa shape index (κ2) is 7.64. The average Bonchev–Trinajstić information content (AvgIpc) is 3.40. The Labute approximate surface area is 169 Å². The van der Waals surface area contributed by atoms with Gasteiger partial charge in [-0.2, -0.15) is 0 Å². The normalized spacial score (nSPS) is 11.1. The minimum absolute atomic E-state index is 0.147. The van der Waals surface area contributed by atoms with Crippen LogP contribution in [0.2, 0.25) is 0 Å². The first-order valence-electron chi connectivity index (χ1n) is 8.89. The van der Waals surface area contributed by atoms with Crippen molar-refractivity contribution in [1.29, 1.82) is 0 Å². The highest BCUT2D eigenvalue weighted by molar-refractivity contribution is 7.29. The third kappa shape index (κ3) is 3.48. The van der Waals surface area contributed by atoms with Crippen molar-refractivity contribution < 1.29 is 4.79 Å². The lowest BCUT2D eigenvalue weighted by Gasteiger charge is -2.16. The van der Waals surface area contributed by atoms with Crippen molar-refractivity contribution in [2.75, 3.05) is 23.3 Å². The molecule has 0 radical (unpaired) electrons. The van der Waals surface area contributed by atoms with Crippen LogP contribution in [0.5, 0.6) is 0 Å². The lowest BCUT2D eigenvalue weighted by molar-refractivity contribution is 0.103. The van der Waals surface area contributed by atoms with Crippen LogP contribution >= 0.6 is 22.7 Å². The maximum absolute atomic E-state index is 12.7. The Balaban J connectivity index is 1.55. The molecule has 8 nitrogen and oxygen atoms in total. The summed E-state index contributed by atoms with van der Waals surface area (Å²) in [6, 6.07) is 7.57. The SMILES string of the molecule is CCN(CC)c1nc2sc(C(=O)Nc3ccc(C)c(-n4cnnn4)c3)cc2s1. The van der Waals surface area contributed by atoms with Crippen molar-refractivity contribution in [3.63, 3.8) is 0 Å². The third-order valence-corrected chi connectivity index (χ3v) is 6.62. The average molecular weight is 414 g/mol. The van der Waals surface area contributed by atoms with Crippen LogP contribution in [0.25, 0.3) is 15.2 Å². The molecule has 0 saturated carbocycles. The van der Waals surface area contributed by atoms with Gasteiger partial charge in [0.1, 0.15) is 11.2 Å². The molecule has 0 unspecified atom stereocenters. The molecular weight excluding hydrogens is 394 g/mol. The van der Waals surface area contributed by atoms with Gasteiger partial charge in [0.05, 0.1) is 15.3 Å². The number of thiophene rings is 1. The smallest absolute Gasteiger partial charge is 0.265 e. The molecule has 0 aliphatic heterocycles. The van der Waals surface area contributed by atoms with Gasteiger partial charge in [0.2, 0.25) is 0 Å². The van der Waals surface area contributed by atoms with Crippen LogP contribution in [-0.2, 0) is 0 Å². The molecule has 0 fully saturated rings. The Hall–Kier alpha value is -2.85. The highest BCUT2D eigenvalue weighted by Crippen LogP contribution is 2.35. The first kappa shape index (κ1) is 18.5. The molecule has 0 aliphatic rings. The van der Waals surface area contributed by atoms with Gasteiger partial charge in [-0.05, 0) is 55.0 Å². The summed E-state index contributed by atoms with van der Waals surface area (Å²) < 4.78 is 2.61. The third-order valence-electron chi connectivity index (χ3n) is 4.40. The predicted octanol–water partition coefficient (Wildman–Crippen LogP) is 3.74. The molecule has 3 aromatic heterocycles. The summed E-state index contributed by atoms with van der Waals surface area (Å²) in [5.74, 6) is -0.147. The second-order valence-electron chi connectivity index (χ2n) is 6.16. The number of aryl methyl sites for hydroxylation is 1. The number of fused-ring (bicyclic) bond motifs is 1. The molecule has 0 spiro atoms. The van der Waals surface area contributed by atoms with E-state index in [0.29, 0.717) is 10.6 Å². The highest BCUT2D eigenvalue weighted by atomic mass is 32.1. The molecule has 1 amide bonds. The zero-order valence-electron chi connectivity index (χ0n) is 15.7. The number of aromatic nitrogens is 5. The van der Waals surface area contributed by atoms with Gasteiger partial charge in [-0.3, -0.25) is 4.79 Å². The van der Waals surface area contributed by atoms with Gasteiger partial charge < -0.3 is 10.2 Å². The number of tetrazole rings is 1. The summed E-state index contributed by atoms with van der Waals surface area (Å²) in [4.78, 5) is 21.1. The van der Waals surface area contributed by atoms with Crippen molar-refractivity contribution in [3.05, 3.63) is 41.0 Å². The number of hydrogen-bond donors (Lipinski definition) is 1. The molecule has 4 rings (SSSR count). The monoisotopic (exact) mass is 413 g/mol. The molecular formula is C18H19N7OS2. The van der Waals surface area contributed by atoms with E-state index < -0.39 is 0 Å². The number of anilines is 2. The summed E-state index contributed by atoms with van der Waals surface area (Å²) in [5.41, 5.74) is 2.52. The molecule has 1 N–H and O–H groups in total. The van der Waals surface area contributed by atoms with Crippen LogP contribution in [-0.4, -0.2) is 44.2 Å². The zero-order valence-corrected chi connectivity index (χ0v) is 17.3. The molecule has 28 heavy (non-hydrogen) atoms. The van der Waals surface area contributed by atoms with E-state index in [1.165, 1.54) is 17.7 Å². The van der Waals surface area contributed by atoms with Crippen molar-refractivity contribution in [1.82, 2.24) is 25.2 Å². The van der Waals surface area contributed by atoms with Crippen molar-refractivity contribution in [2.45, 2.75) is 20.8 Å². The van der Waals surface area contributed by atoms with Crippen molar-refractivity contribution >= 4 is 48.9 Å². The van der Waals surface area contributed by atoms with Crippen LogP contribution in [0.15, 0.2) is 30.6 Å². The fourth-order valence-corrected chi connectivity index (χ4v) is 5.10. The predicted molar refractivity (Wildman–Crippen MR) is 113 cm³/mol. The molecule has 4 aromatic rings. The second-order valence-corrected chi connectivity index (χ2v) is 8.20. The molecule has 3 heterocycles. The van der Waals surface area contributed by atoms with Crippen LogP contribution in [0.1, 0.15) is 29.1 Å². The molecule has 10 heteroatoms. The number of carbonyl (C=O) groups excluding carboxylic acids is 1. The van der Waals surface area contributed by atoms with Gasteiger partial charge in [0, 0.05) is 18.8 Å². The van der Waals surface area contributed by atoms with Gasteiger partial charge in [0.25, 0.3) is 5.91 Å². The van der Waals surface area contributed by atoms with E-state index in [0.717, 1.165) is 39.0 Å². The Morgan fingerprint density at radius 2 is 2.04 bits per heavy atom. The highest BCUT2D eigenvalue weighted by Gasteiger charge is 2.16. The van der Waals surface area contributed by atoms with E-state index in [2.05, 4.69) is 44.6 Å². The fraction of sp³-hybridized carbons (Fsp3) is 0.278. The summed E-state index contributed by atoms with van der Waals surface area (Å²) in [6.45, 7) is 8.03. The molecule has 0 atom stereocenters. The van der Waals surface area contributed by atoms with Crippen molar-refractivity contribution in [3.8, 4) is 5.69 Å². The Bertz CT molecular complexity index is 1080. The first-order valence-corrected chi connectivity index (χ1v) is 10.5. The number of hydrogen-bond acceptors (Lipinski definition) is 8. The van der Waals surface area contributed by atoms with Crippen LogP contribution in [0.3, 0.4) is 0 Å². The minimum atomic E-state index is -0.147.